The van der Waals surface area contributed by atoms with Crippen LogP contribution in [-0.2, 0) is 17.5 Å². The number of carboxylic acids is 1. The molecule has 1 unspecified atom stereocenters. The van der Waals surface area contributed by atoms with Crippen LogP contribution in [0, 0.1) is 0 Å². The van der Waals surface area contributed by atoms with Crippen molar-refractivity contribution >= 4 is 5.97 Å². The van der Waals surface area contributed by atoms with E-state index in [-0.39, 0.29) is 13.1 Å². The lowest BCUT2D eigenvalue weighted by atomic mass is 10.1. The summed E-state index contributed by atoms with van der Waals surface area (Å²) in [7, 11) is 0. The van der Waals surface area contributed by atoms with Crippen LogP contribution in [0.2, 0.25) is 0 Å². The normalized spacial score (nSPS) is 13.3. The van der Waals surface area contributed by atoms with E-state index in [0.29, 0.717) is 5.56 Å². The van der Waals surface area contributed by atoms with Gasteiger partial charge in [-0.05, 0) is 11.6 Å². The van der Waals surface area contributed by atoms with Gasteiger partial charge in [-0.25, -0.2) is 0 Å². The first kappa shape index (κ1) is 15.5. The van der Waals surface area contributed by atoms with Gasteiger partial charge < -0.3 is 15.5 Å². The summed E-state index contributed by atoms with van der Waals surface area (Å²) in [5, 5.41) is 20.4. The van der Waals surface area contributed by atoms with Gasteiger partial charge in [-0.1, -0.05) is 18.2 Å². The fourth-order valence-electron chi connectivity index (χ4n) is 1.51. The molecule has 4 nitrogen and oxygen atoms in total. The third-order valence-electron chi connectivity index (χ3n) is 2.37. The maximum Gasteiger partial charge on any atom is 0.416 e. The van der Waals surface area contributed by atoms with Crippen molar-refractivity contribution < 1.29 is 28.2 Å². The van der Waals surface area contributed by atoms with Crippen molar-refractivity contribution in [3.8, 4) is 0 Å². The maximum atomic E-state index is 12.4. The number of aliphatic carboxylic acids is 1. The Morgan fingerprint density at radius 3 is 2.63 bits per heavy atom. The third-order valence-corrected chi connectivity index (χ3v) is 2.37. The molecule has 0 amide bonds. The van der Waals surface area contributed by atoms with E-state index in [2.05, 4.69) is 5.32 Å². The number of carboxylic acid groups (broad SMARTS) is 1. The lowest BCUT2D eigenvalue weighted by Crippen LogP contribution is -2.28. The van der Waals surface area contributed by atoms with Crippen LogP contribution in [0.15, 0.2) is 24.3 Å². The van der Waals surface area contributed by atoms with Crippen LogP contribution in [0.5, 0.6) is 0 Å². The molecule has 1 aromatic carbocycles. The summed E-state index contributed by atoms with van der Waals surface area (Å²) in [4.78, 5) is 10.3. The molecule has 0 aliphatic rings. The Hall–Kier alpha value is -1.60. The zero-order chi connectivity index (χ0) is 14.5. The van der Waals surface area contributed by atoms with E-state index in [9.17, 15) is 23.1 Å². The molecular formula is C12H14F3NO3. The molecule has 19 heavy (non-hydrogen) atoms. The topological polar surface area (TPSA) is 69.6 Å². The fourth-order valence-corrected chi connectivity index (χ4v) is 1.51. The zero-order valence-electron chi connectivity index (χ0n) is 9.94. The van der Waals surface area contributed by atoms with Gasteiger partial charge in [0.2, 0.25) is 0 Å². The van der Waals surface area contributed by atoms with Crippen molar-refractivity contribution in [3.63, 3.8) is 0 Å². The maximum absolute atomic E-state index is 12.4. The van der Waals surface area contributed by atoms with Crippen LogP contribution in [-0.4, -0.2) is 28.8 Å². The summed E-state index contributed by atoms with van der Waals surface area (Å²) < 4.78 is 37.3. The highest BCUT2D eigenvalue weighted by Gasteiger charge is 2.30. The van der Waals surface area contributed by atoms with Crippen molar-refractivity contribution in [1.29, 1.82) is 0 Å². The van der Waals surface area contributed by atoms with Crippen LogP contribution in [0.4, 0.5) is 13.2 Å². The summed E-state index contributed by atoms with van der Waals surface area (Å²) in [6.45, 7) is 0.128. The van der Waals surface area contributed by atoms with Gasteiger partial charge in [0.15, 0.2) is 0 Å². The average Bonchev–Trinajstić information content (AvgIpc) is 2.27. The van der Waals surface area contributed by atoms with Crippen LogP contribution in [0.1, 0.15) is 17.5 Å². The molecule has 0 aliphatic carbocycles. The molecule has 106 valence electrons. The molecule has 0 fully saturated rings. The smallest absolute Gasteiger partial charge is 0.416 e. The Kier molecular flexibility index (Phi) is 5.31. The number of nitrogens with one attached hydrogen (secondary N) is 1. The highest BCUT2D eigenvalue weighted by Crippen LogP contribution is 2.29. The Balaban J connectivity index is 2.48. The minimum Gasteiger partial charge on any atom is -0.481 e. The van der Waals surface area contributed by atoms with E-state index in [1.807, 2.05) is 0 Å². The molecule has 0 saturated carbocycles. The minimum atomic E-state index is -4.39. The number of alkyl halides is 3. The number of halogens is 3. The second kappa shape index (κ2) is 6.53. The van der Waals surface area contributed by atoms with Gasteiger partial charge in [-0.15, -0.1) is 0 Å². The van der Waals surface area contributed by atoms with Gasteiger partial charge in [0.25, 0.3) is 0 Å². The Bertz CT molecular complexity index is 434. The molecule has 0 radical (unpaired) electrons. The molecule has 0 saturated heterocycles. The lowest BCUT2D eigenvalue weighted by molar-refractivity contribution is -0.139. The first-order valence-electron chi connectivity index (χ1n) is 5.55. The molecule has 3 N–H and O–H groups in total. The number of rotatable bonds is 6. The highest BCUT2D eigenvalue weighted by atomic mass is 19.4. The Labute approximate surface area is 107 Å². The molecule has 0 bridgehead atoms. The lowest BCUT2D eigenvalue weighted by Gasteiger charge is -2.11. The van der Waals surface area contributed by atoms with E-state index in [1.165, 1.54) is 12.1 Å². The molecule has 0 heterocycles. The molecule has 0 spiro atoms. The van der Waals surface area contributed by atoms with E-state index in [4.69, 9.17) is 5.11 Å². The van der Waals surface area contributed by atoms with Crippen molar-refractivity contribution in [1.82, 2.24) is 5.32 Å². The predicted molar refractivity (Wildman–Crippen MR) is 61.4 cm³/mol. The van der Waals surface area contributed by atoms with Gasteiger partial charge in [0.1, 0.15) is 0 Å². The molecule has 7 heteroatoms. The number of aliphatic hydroxyl groups is 1. The van der Waals surface area contributed by atoms with Gasteiger partial charge in [-0.3, -0.25) is 4.79 Å². The molecule has 0 aliphatic heterocycles. The van der Waals surface area contributed by atoms with Gasteiger partial charge in [-0.2, -0.15) is 13.2 Å². The second-order valence-electron chi connectivity index (χ2n) is 4.08. The zero-order valence-corrected chi connectivity index (χ0v) is 9.94. The quantitative estimate of drug-likeness (QED) is 0.739. The average molecular weight is 277 g/mol. The molecule has 1 aromatic rings. The molecule has 0 aromatic heterocycles. The summed E-state index contributed by atoms with van der Waals surface area (Å²) in [6.07, 6.45) is -5.86. The number of carbonyl (C=O) groups is 1. The highest BCUT2D eigenvalue weighted by molar-refractivity contribution is 5.67. The largest absolute Gasteiger partial charge is 0.481 e. The Morgan fingerprint density at radius 2 is 2.05 bits per heavy atom. The third kappa shape index (κ3) is 5.71. The molecule has 1 atom stereocenters. The van der Waals surface area contributed by atoms with Crippen molar-refractivity contribution in [3.05, 3.63) is 35.4 Å². The fraction of sp³-hybridized carbons (Fsp3) is 0.417. The van der Waals surface area contributed by atoms with Crippen LogP contribution in [0.3, 0.4) is 0 Å². The van der Waals surface area contributed by atoms with Crippen LogP contribution < -0.4 is 5.32 Å². The van der Waals surface area contributed by atoms with Gasteiger partial charge in [0, 0.05) is 13.1 Å². The molecular weight excluding hydrogens is 263 g/mol. The van der Waals surface area contributed by atoms with Gasteiger partial charge >= 0.3 is 12.1 Å². The second-order valence-corrected chi connectivity index (χ2v) is 4.08. The first-order chi connectivity index (χ1) is 8.79. The Morgan fingerprint density at radius 1 is 1.37 bits per heavy atom. The summed E-state index contributed by atoms with van der Waals surface area (Å²) in [5.41, 5.74) is -0.324. The number of aliphatic hydroxyl groups excluding tert-OH is 1. The van der Waals surface area contributed by atoms with Crippen molar-refractivity contribution in [2.24, 2.45) is 0 Å². The molecule has 1 rings (SSSR count). The van der Waals surface area contributed by atoms with Gasteiger partial charge in [0.05, 0.1) is 18.1 Å². The van der Waals surface area contributed by atoms with E-state index >= 15 is 0 Å². The predicted octanol–water partition coefficient (Wildman–Crippen LogP) is 1.63. The van der Waals surface area contributed by atoms with Crippen LogP contribution >= 0.6 is 0 Å². The van der Waals surface area contributed by atoms with E-state index in [1.54, 1.807) is 0 Å². The van der Waals surface area contributed by atoms with Crippen molar-refractivity contribution in [2.75, 3.05) is 6.54 Å². The standard InChI is InChI=1S/C12H14F3NO3/c13-12(14,15)9-3-1-2-8(4-9)6-16-7-10(17)5-11(18)19/h1-4,10,16-17H,5-7H2,(H,18,19). The summed E-state index contributed by atoms with van der Waals surface area (Å²) >= 11 is 0. The number of benzene rings is 1. The number of hydrogen-bond donors (Lipinski definition) is 3. The first-order valence-corrected chi connectivity index (χ1v) is 5.55. The number of hydrogen-bond acceptors (Lipinski definition) is 3. The van der Waals surface area contributed by atoms with Crippen molar-refractivity contribution in [2.45, 2.75) is 25.2 Å². The SMILES string of the molecule is O=C(O)CC(O)CNCc1cccc(C(F)(F)F)c1. The summed E-state index contributed by atoms with van der Waals surface area (Å²) in [6, 6.07) is 4.80. The monoisotopic (exact) mass is 277 g/mol. The van der Waals surface area contributed by atoms with Crippen LogP contribution in [0.25, 0.3) is 0 Å². The van der Waals surface area contributed by atoms with E-state index < -0.39 is 30.2 Å². The van der Waals surface area contributed by atoms with E-state index in [0.717, 1.165) is 12.1 Å². The summed E-state index contributed by atoms with van der Waals surface area (Å²) in [5.74, 6) is -1.13. The minimum absolute atomic E-state index is 0.00253.